The van der Waals surface area contributed by atoms with Crippen LogP contribution >= 0.6 is 15.9 Å². The molecule has 4 N–H and O–H groups in total. The van der Waals surface area contributed by atoms with Gasteiger partial charge in [-0.05, 0) is 37.6 Å². The third kappa shape index (κ3) is 2.38. The number of benzene rings is 1. The number of hydrogen-bond acceptors (Lipinski definition) is 3. The predicted octanol–water partition coefficient (Wildman–Crippen LogP) is 2.62. The van der Waals surface area contributed by atoms with Crippen LogP contribution in [0.25, 0.3) is 0 Å². The van der Waals surface area contributed by atoms with E-state index in [9.17, 15) is 4.79 Å². The number of hydrogen-bond donors (Lipinski definition) is 3. The fourth-order valence-electron chi connectivity index (χ4n) is 1.59. The highest BCUT2D eigenvalue weighted by Gasteiger charge is 2.13. The number of nitrogens with two attached hydrogens (primary N) is 1. The van der Waals surface area contributed by atoms with Crippen molar-refractivity contribution in [1.29, 1.82) is 0 Å². The van der Waals surface area contributed by atoms with Crippen LogP contribution in [0.3, 0.4) is 0 Å². The van der Waals surface area contributed by atoms with E-state index in [1.54, 1.807) is 13.0 Å². The minimum Gasteiger partial charge on any atom is -0.394 e. The Bertz CT molecular complexity index is 606. The second-order valence-corrected chi connectivity index (χ2v) is 4.94. The molecule has 0 spiro atoms. The third-order valence-electron chi connectivity index (χ3n) is 2.66. The summed E-state index contributed by atoms with van der Waals surface area (Å²) in [5.41, 5.74) is 8.44. The molecule has 0 fully saturated rings. The van der Waals surface area contributed by atoms with Crippen molar-refractivity contribution in [2.45, 2.75) is 13.8 Å². The van der Waals surface area contributed by atoms with E-state index in [2.05, 4.69) is 31.4 Å². The van der Waals surface area contributed by atoms with Gasteiger partial charge in [-0.25, -0.2) is 0 Å². The standard InChI is InChI=1S/C12H13BrN4O/c1-6-5-8(13)3-4-9(6)12(18)15-11-10(14)7(2)16-17-11/h3-5H,14H2,1-2H3,(H2,15,16,17,18). The van der Waals surface area contributed by atoms with E-state index < -0.39 is 0 Å². The van der Waals surface area contributed by atoms with Gasteiger partial charge in [0.1, 0.15) is 0 Å². The number of halogens is 1. The molecule has 5 nitrogen and oxygen atoms in total. The van der Waals surface area contributed by atoms with Crippen LogP contribution in [-0.2, 0) is 0 Å². The number of H-pyrrole nitrogens is 1. The van der Waals surface area contributed by atoms with E-state index in [1.165, 1.54) is 0 Å². The van der Waals surface area contributed by atoms with Gasteiger partial charge in [0, 0.05) is 10.0 Å². The molecule has 0 unspecified atom stereocenters. The average molecular weight is 309 g/mol. The molecule has 0 atom stereocenters. The number of aromatic amines is 1. The first kappa shape index (κ1) is 12.6. The van der Waals surface area contributed by atoms with Gasteiger partial charge in [-0.3, -0.25) is 9.89 Å². The molecule has 1 heterocycles. The molecule has 2 aromatic rings. The third-order valence-corrected chi connectivity index (χ3v) is 3.15. The fraction of sp³-hybridized carbons (Fsp3) is 0.167. The maximum absolute atomic E-state index is 12.1. The summed E-state index contributed by atoms with van der Waals surface area (Å²) < 4.78 is 0.937. The first-order chi connectivity index (χ1) is 8.49. The lowest BCUT2D eigenvalue weighted by Crippen LogP contribution is -2.14. The molecule has 0 saturated heterocycles. The number of carbonyl (C=O) groups is 1. The smallest absolute Gasteiger partial charge is 0.257 e. The van der Waals surface area contributed by atoms with Crippen LogP contribution in [0, 0.1) is 13.8 Å². The van der Waals surface area contributed by atoms with Gasteiger partial charge in [-0.1, -0.05) is 15.9 Å². The Balaban J connectivity index is 2.25. The molecule has 1 amide bonds. The van der Waals surface area contributed by atoms with Crippen molar-refractivity contribution in [3.8, 4) is 0 Å². The van der Waals surface area contributed by atoms with E-state index >= 15 is 0 Å². The molecule has 6 heteroatoms. The van der Waals surface area contributed by atoms with Crippen LogP contribution in [0.1, 0.15) is 21.6 Å². The Morgan fingerprint density at radius 3 is 2.72 bits per heavy atom. The van der Waals surface area contributed by atoms with Crippen LogP contribution in [0.2, 0.25) is 0 Å². The summed E-state index contributed by atoms with van der Waals surface area (Å²) in [4.78, 5) is 12.1. The maximum atomic E-state index is 12.1. The second kappa shape index (κ2) is 4.81. The number of nitrogens with zero attached hydrogens (tertiary/aromatic N) is 1. The number of aromatic nitrogens is 2. The predicted molar refractivity (Wildman–Crippen MR) is 74.6 cm³/mol. The minimum atomic E-state index is -0.224. The summed E-state index contributed by atoms with van der Waals surface area (Å²) in [5, 5.41) is 9.34. The van der Waals surface area contributed by atoms with Crippen molar-refractivity contribution >= 4 is 33.3 Å². The van der Waals surface area contributed by atoms with Crippen molar-refractivity contribution in [3.63, 3.8) is 0 Å². The van der Waals surface area contributed by atoms with Gasteiger partial charge < -0.3 is 11.1 Å². The SMILES string of the molecule is Cc1cc(Br)ccc1C(=O)Nc1n[nH]c(C)c1N. The van der Waals surface area contributed by atoms with E-state index in [1.807, 2.05) is 19.1 Å². The van der Waals surface area contributed by atoms with Gasteiger partial charge in [0.05, 0.1) is 11.4 Å². The first-order valence-corrected chi connectivity index (χ1v) is 6.16. The van der Waals surface area contributed by atoms with Crippen LogP contribution < -0.4 is 11.1 Å². The highest BCUT2D eigenvalue weighted by Crippen LogP contribution is 2.21. The van der Waals surface area contributed by atoms with Gasteiger partial charge in [-0.2, -0.15) is 5.10 Å². The zero-order chi connectivity index (χ0) is 13.3. The largest absolute Gasteiger partial charge is 0.394 e. The molecular formula is C12H13BrN4O. The van der Waals surface area contributed by atoms with Crippen LogP contribution in [-0.4, -0.2) is 16.1 Å². The number of rotatable bonds is 2. The number of anilines is 2. The number of aryl methyl sites for hydroxylation is 2. The Hall–Kier alpha value is -1.82. The van der Waals surface area contributed by atoms with Gasteiger partial charge in [0.2, 0.25) is 0 Å². The Labute approximate surface area is 113 Å². The van der Waals surface area contributed by atoms with Crippen molar-refractivity contribution in [1.82, 2.24) is 10.2 Å². The molecule has 0 aliphatic heterocycles. The Kier molecular flexibility index (Phi) is 3.38. The Morgan fingerprint density at radius 1 is 1.44 bits per heavy atom. The number of carbonyl (C=O) groups excluding carboxylic acids is 1. The normalized spacial score (nSPS) is 10.4. The van der Waals surface area contributed by atoms with Gasteiger partial charge in [-0.15, -0.1) is 0 Å². The lowest BCUT2D eigenvalue weighted by molar-refractivity contribution is 0.102. The Morgan fingerprint density at radius 2 is 2.17 bits per heavy atom. The summed E-state index contributed by atoms with van der Waals surface area (Å²) in [6, 6.07) is 5.46. The number of nitrogens with one attached hydrogen (secondary N) is 2. The number of amides is 1. The molecule has 0 bridgehead atoms. The molecule has 94 valence electrons. The quantitative estimate of drug-likeness (QED) is 0.797. The fourth-order valence-corrected chi connectivity index (χ4v) is 2.07. The van der Waals surface area contributed by atoms with Gasteiger partial charge >= 0.3 is 0 Å². The van der Waals surface area contributed by atoms with E-state index in [0.29, 0.717) is 17.1 Å². The summed E-state index contributed by atoms with van der Waals surface area (Å²) in [5.74, 6) is 0.137. The molecule has 0 radical (unpaired) electrons. The molecule has 1 aromatic heterocycles. The van der Waals surface area contributed by atoms with E-state index in [-0.39, 0.29) is 5.91 Å². The summed E-state index contributed by atoms with van der Waals surface area (Å²) in [7, 11) is 0. The molecular weight excluding hydrogens is 296 g/mol. The molecule has 0 aliphatic carbocycles. The topological polar surface area (TPSA) is 83.8 Å². The van der Waals surface area contributed by atoms with Crippen molar-refractivity contribution in [2.24, 2.45) is 0 Å². The highest BCUT2D eigenvalue weighted by atomic mass is 79.9. The van der Waals surface area contributed by atoms with Crippen LogP contribution in [0.5, 0.6) is 0 Å². The summed E-state index contributed by atoms with van der Waals surface area (Å²) >= 11 is 3.36. The summed E-state index contributed by atoms with van der Waals surface area (Å²) in [6.45, 7) is 3.67. The van der Waals surface area contributed by atoms with Crippen LogP contribution in [0.4, 0.5) is 11.5 Å². The van der Waals surface area contributed by atoms with Crippen molar-refractivity contribution < 1.29 is 4.79 Å². The molecule has 0 saturated carbocycles. The molecule has 2 rings (SSSR count). The number of nitrogen functional groups attached to an aromatic ring is 1. The van der Waals surface area contributed by atoms with Gasteiger partial charge in [0.25, 0.3) is 5.91 Å². The monoisotopic (exact) mass is 308 g/mol. The van der Waals surface area contributed by atoms with Crippen molar-refractivity contribution in [3.05, 3.63) is 39.5 Å². The second-order valence-electron chi connectivity index (χ2n) is 4.02. The maximum Gasteiger partial charge on any atom is 0.257 e. The molecule has 1 aromatic carbocycles. The van der Waals surface area contributed by atoms with Gasteiger partial charge in [0.15, 0.2) is 5.82 Å². The summed E-state index contributed by atoms with van der Waals surface area (Å²) in [6.07, 6.45) is 0. The lowest BCUT2D eigenvalue weighted by Gasteiger charge is -2.06. The average Bonchev–Trinajstić information content (AvgIpc) is 2.61. The van der Waals surface area contributed by atoms with Crippen molar-refractivity contribution in [2.75, 3.05) is 11.1 Å². The molecule has 18 heavy (non-hydrogen) atoms. The minimum absolute atomic E-state index is 0.224. The van der Waals surface area contributed by atoms with E-state index in [4.69, 9.17) is 5.73 Å². The zero-order valence-electron chi connectivity index (χ0n) is 10.0. The lowest BCUT2D eigenvalue weighted by atomic mass is 10.1. The van der Waals surface area contributed by atoms with E-state index in [0.717, 1.165) is 15.7 Å². The zero-order valence-corrected chi connectivity index (χ0v) is 11.6. The highest BCUT2D eigenvalue weighted by molar-refractivity contribution is 9.10. The first-order valence-electron chi connectivity index (χ1n) is 5.37. The molecule has 0 aliphatic rings. The van der Waals surface area contributed by atoms with Crippen LogP contribution in [0.15, 0.2) is 22.7 Å².